The van der Waals surface area contributed by atoms with E-state index in [1.807, 2.05) is 6.07 Å². The highest BCUT2D eigenvalue weighted by molar-refractivity contribution is 5.92. The van der Waals surface area contributed by atoms with Crippen LogP contribution in [0, 0.1) is 0 Å². The topological polar surface area (TPSA) is 80.4 Å². The van der Waals surface area contributed by atoms with Gasteiger partial charge in [-0.1, -0.05) is 38.0 Å². The van der Waals surface area contributed by atoms with Crippen LogP contribution in [0.25, 0.3) is 0 Å². The molecule has 17 heavy (non-hydrogen) atoms. The van der Waals surface area contributed by atoms with Crippen LogP contribution < -0.4 is 5.73 Å². The van der Waals surface area contributed by atoms with E-state index in [0.29, 0.717) is 12.0 Å². The van der Waals surface area contributed by atoms with Crippen molar-refractivity contribution in [3.05, 3.63) is 35.9 Å². The quantitative estimate of drug-likeness (QED) is 0.772. The number of unbranched alkanes of at least 4 members (excludes halogenated alkanes) is 2. The van der Waals surface area contributed by atoms with Gasteiger partial charge in [-0.15, -0.1) is 0 Å². The molecule has 0 saturated carbocycles. The van der Waals surface area contributed by atoms with Gasteiger partial charge in [0.2, 0.25) is 5.91 Å². The molecule has 0 aromatic heterocycles. The molecule has 0 heterocycles. The highest BCUT2D eigenvalue weighted by atomic mass is 16.4. The van der Waals surface area contributed by atoms with Crippen LogP contribution in [0.5, 0.6) is 0 Å². The number of carboxylic acids is 1. The fraction of sp³-hybridized carbons (Fsp3) is 0.385. The molecule has 1 aromatic rings. The molecule has 0 spiro atoms. The van der Waals surface area contributed by atoms with Crippen molar-refractivity contribution < 1.29 is 14.7 Å². The van der Waals surface area contributed by atoms with Crippen molar-refractivity contribution >= 4 is 11.9 Å². The van der Waals surface area contributed by atoms with Crippen molar-refractivity contribution in [2.75, 3.05) is 0 Å². The smallest absolute Gasteiger partial charge is 0.303 e. The molecule has 3 N–H and O–H groups in total. The maximum atomic E-state index is 10.4. The van der Waals surface area contributed by atoms with Gasteiger partial charge >= 0.3 is 5.97 Å². The number of aliphatic carboxylic acids is 1. The SMILES string of the molecule is CCCCCC(=O)O.NC(=O)c1ccccc1. The molecule has 0 atom stereocenters. The first kappa shape index (κ1) is 15.2. The summed E-state index contributed by atoms with van der Waals surface area (Å²) >= 11 is 0. The predicted molar refractivity (Wildman–Crippen MR) is 66.7 cm³/mol. The van der Waals surface area contributed by atoms with Gasteiger partial charge in [0, 0.05) is 12.0 Å². The molecule has 0 aliphatic carbocycles. The number of primary amides is 1. The summed E-state index contributed by atoms with van der Waals surface area (Å²) in [5.74, 6) is -1.06. The average molecular weight is 237 g/mol. The molecule has 0 aliphatic heterocycles. The standard InChI is InChI=1S/C7H7NO.C6H12O2/c8-7(9)6-4-2-1-3-5-6;1-2-3-4-5-6(7)8/h1-5H,(H2,8,9);2-5H2,1H3,(H,7,8). The van der Waals surface area contributed by atoms with Crippen molar-refractivity contribution in [2.45, 2.75) is 32.6 Å². The first-order valence-corrected chi connectivity index (χ1v) is 5.64. The molecule has 0 saturated heterocycles. The van der Waals surface area contributed by atoms with E-state index in [1.54, 1.807) is 24.3 Å². The predicted octanol–water partition coefficient (Wildman–Crippen LogP) is 2.44. The highest BCUT2D eigenvalue weighted by Crippen LogP contribution is 1.97. The van der Waals surface area contributed by atoms with E-state index in [9.17, 15) is 9.59 Å². The number of nitrogens with two attached hydrogens (primary N) is 1. The molecule has 94 valence electrons. The van der Waals surface area contributed by atoms with Gasteiger partial charge in [0.25, 0.3) is 0 Å². The Kier molecular flexibility index (Phi) is 8.37. The Morgan fingerprint density at radius 3 is 2.12 bits per heavy atom. The minimum atomic E-state index is -0.682. The summed E-state index contributed by atoms with van der Waals surface area (Å²) < 4.78 is 0. The van der Waals surface area contributed by atoms with Gasteiger partial charge in [-0.05, 0) is 18.6 Å². The van der Waals surface area contributed by atoms with Gasteiger partial charge in [-0.3, -0.25) is 9.59 Å². The number of hydrogen-bond donors (Lipinski definition) is 2. The van der Waals surface area contributed by atoms with Crippen molar-refractivity contribution in [1.29, 1.82) is 0 Å². The van der Waals surface area contributed by atoms with Crippen molar-refractivity contribution in [1.82, 2.24) is 0 Å². The summed E-state index contributed by atoms with van der Waals surface area (Å²) in [7, 11) is 0. The van der Waals surface area contributed by atoms with E-state index in [-0.39, 0.29) is 5.91 Å². The first-order valence-electron chi connectivity index (χ1n) is 5.64. The normalized spacial score (nSPS) is 9.00. The van der Waals surface area contributed by atoms with Crippen molar-refractivity contribution in [3.63, 3.8) is 0 Å². The zero-order valence-electron chi connectivity index (χ0n) is 10.1. The Labute approximate surface area is 101 Å². The molecule has 1 rings (SSSR count). The van der Waals surface area contributed by atoms with Gasteiger partial charge in [0.05, 0.1) is 0 Å². The summed E-state index contributed by atoms with van der Waals surface area (Å²) in [6.45, 7) is 2.06. The molecule has 4 heteroatoms. The lowest BCUT2D eigenvalue weighted by molar-refractivity contribution is -0.137. The fourth-order valence-corrected chi connectivity index (χ4v) is 1.13. The zero-order chi connectivity index (χ0) is 13.1. The van der Waals surface area contributed by atoms with E-state index in [0.717, 1.165) is 19.3 Å². The van der Waals surface area contributed by atoms with Crippen LogP contribution in [0.15, 0.2) is 30.3 Å². The summed E-state index contributed by atoms with van der Waals surface area (Å²) in [4.78, 5) is 20.3. The number of carbonyl (C=O) groups is 2. The second-order valence-electron chi connectivity index (χ2n) is 3.58. The molecule has 1 amide bonds. The van der Waals surface area contributed by atoms with Crippen molar-refractivity contribution in [3.8, 4) is 0 Å². The van der Waals surface area contributed by atoms with E-state index in [2.05, 4.69) is 6.92 Å². The van der Waals surface area contributed by atoms with Gasteiger partial charge in [0.15, 0.2) is 0 Å². The molecule has 0 aliphatic rings. The van der Waals surface area contributed by atoms with Gasteiger partial charge in [-0.25, -0.2) is 0 Å². The molecule has 1 aromatic carbocycles. The third-order valence-electron chi connectivity index (χ3n) is 2.05. The number of rotatable bonds is 5. The summed E-state index contributed by atoms with van der Waals surface area (Å²) in [5.41, 5.74) is 5.53. The minimum absolute atomic E-state index is 0.327. The third kappa shape index (κ3) is 9.11. The molecular formula is C13H19NO3. The lowest BCUT2D eigenvalue weighted by atomic mass is 10.2. The number of carbonyl (C=O) groups excluding carboxylic acids is 1. The minimum Gasteiger partial charge on any atom is -0.481 e. The van der Waals surface area contributed by atoms with Crippen LogP contribution in [0.1, 0.15) is 43.0 Å². The van der Waals surface area contributed by atoms with Crippen LogP contribution in [0.2, 0.25) is 0 Å². The molecule has 4 nitrogen and oxygen atoms in total. The number of benzene rings is 1. The third-order valence-corrected chi connectivity index (χ3v) is 2.05. The Balaban J connectivity index is 0.000000304. The lowest BCUT2D eigenvalue weighted by Crippen LogP contribution is -2.09. The number of hydrogen-bond acceptors (Lipinski definition) is 2. The summed E-state index contributed by atoms with van der Waals surface area (Å²) in [6.07, 6.45) is 3.28. The van der Waals surface area contributed by atoms with Crippen molar-refractivity contribution in [2.24, 2.45) is 5.73 Å². The lowest BCUT2D eigenvalue weighted by Gasteiger charge is -1.89. The first-order chi connectivity index (χ1) is 8.07. The molecule has 0 fully saturated rings. The van der Waals surface area contributed by atoms with E-state index in [1.165, 1.54) is 0 Å². The highest BCUT2D eigenvalue weighted by Gasteiger charge is 1.94. The molecule has 0 bridgehead atoms. The zero-order valence-corrected chi connectivity index (χ0v) is 10.1. The Hall–Kier alpha value is -1.84. The maximum Gasteiger partial charge on any atom is 0.303 e. The van der Waals surface area contributed by atoms with Crippen LogP contribution in [0.3, 0.4) is 0 Å². The second-order valence-corrected chi connectivity index (χ2v) is 3.58. The fourth-order valence-electron chi connectivity index (χ4n) is 1.13. The van der Waals surface area contributed by atoms with Crippen LogP contribution in [0.4, 0.5) is 0 Å². The van der Waals surface area contributed by atoms with Crippen LogP contribution >= 0.6 is 0 Å². The van der Waals surface area contributed by atoms with E-state index >= 15 is 0 Å². The second kappa shape index (κ2) is 9.39. The molecule has 0 unspecified atom stereocenters. The number of carboxylic acid groups (broad SMARTS) is 1. The van der Waals surface area contributed by atoms with Crippen LogP contribution in [-0.4, -0.2) is 17.0 Å². The van der Waals surface area contributed by atoms with Gasteiger partial charge in [-0.2, -0.15) is 0 Å². The molecular weight excluding hydrogens is 218 g/mol. The Morgan fingerprint density at radius 2 is 1.76 bits per heavy atom. The average Bonchev–Trinajstić information content (AvgIpc) is 2.31. The van der Waals surface area contributed by atoms with Gasteiger partial charge in [0.1, 0.15) is 0 Å². The van der Waals surface area contributed by atoms with E-state index < -0.39 is 5.97 Å². The Morgan fingerprint density at radius 1 is 1.18 bits per heavy atom. The van der Waals surface area contributed by atoms with Crippen LogP contribution in [-0.2, 0) is 4.79 Å². The summed E-state index contributed by atoms with van der Waals surface area (Å²) in [5, 5.41) is 8.14. The monoisotopic (exact) mass is 237 g/mol. The maximum absolute atomic E-state index is 10.4. The molecule has 0 radical (unpaired) electrons. The largest absolute Gasteiger partial charge is 0.481 e. The van der Waals surface area contributed by atoms with Gasteiger partial charge < -0.3 is 10.8 Å². The number of amides is 1. The Bertz CT molecular complexity index is 336. The van der Waals surface area contributed by atoms with E-state index in [4.69, 9.17) is 10.8 Å². The summed E-state index contributed by atoms with van der Waals surface area (Å²) in [6, 6.07) is 8.76.